The molecule has 3 rings (SSSR count). The van der Waals surface area contributed by atoms with Gasteiger partial charge in [0.25, 0.3) is 0 Å². The van der Waals surface area contributed by atoms with E-state index in [-0.39, 0.29) is 0 Å². The molecule has 0 atom stereocenters. The van der Waals surface area contributed by atoms with Gasteiger partial charge in [-0.2, -0.15) is 0 Å². The third-order valence-corrected chi connectivity index (χ3v) is 2.06. The molecule has 0 bridgehead atoms. The summed E-state index contributed by atoms with van der Waals surface area (Å²) in [7, 11) is 0. The minimum absolute atomic E-state index is 0.322. The van der Waals surface area contributed by atoms with Gasteiger partial charge >= 0.3 is 0 Å². The molecule has 1 aliphatic rings. The summed E-state index contributed by atoms with van der Waals surface area (Å²) in [5.41, 5.74) is 0. The van der Waals surface area contributed by atoms with Gasteiger partial charge in [0.2, 0.25) is 0 Å². The highest BCUT2D eigenvalue weighted by Gasteiger charge is 1.91. The monoisotopic (exact) mass is 249 g/mol. The van der Waals surface area contributed by atoms with Crippen molar-refractivity contribution in [3.8, 4) is 5.75 Å². The van der Waals surface area contributed by atoms with Crippen LogP contribution in [0.4, 0.5) is 0 Å². The molecule has 1 aromatic carbocycles. The summed E-state index contributed by atoms with van der Waals surface area (Å²) in [4.78, 5) is 0. The van der Waals surface area contributed by atoms with Gasteiger partial charge in [0, 0.05) is 26.2 Å². The van der Waals surface area contributed by atoms with E-state index in [2.05, 4.69) is 20.3 Å². The highest BCUT2D eigenvalue weighted by Crippen LogP contribution is 2.02. The zero-order valence-electron chi connectivity index (χ0n) is 10.2. The Morgan fingerprint density at radius 1 is 0.944 bits per heavy atom. The third-order valence-electron chi connectivity index (χ3n) is 2.06. The van der Waals surface area contributed by atoms with Crippen molar-refractivity contribution >= 4 is 0 Å². The maximum Gasteiger partial charge on any atom is 0.123 e. The van der Waals surface area contributed by atoms with Crippen LogP contribution < -0.4 is 10.6 Å². The van der Waals surface area contributed by atoms with Gasteiger partial charge in [-0.1, -0.05) is 23.4 Å². The van der Waals surface area contributed by atoms with E-state index in [0.29, 0.717) is 5.75 Å². The Kier molecular flexibility index (Phi) is 8.14. The molecule has 3 N–H and O–H groups in total. The molecule has 2 heterocycles. The Morgan fingerprint density at radius 3 is 1.78 bits per heavy atom. The summed E-state index contributed by atoms with van der Waals surface area (Å²) in [5, 5.41) is 18.4. The van der Waals surface area contributed by atoms with Gasteiger partial charge < -0.3 is 20.3 Å². The van der Waals surface area contributed by atoms with E-state index in [4.69, 9.17) is 5.11 Å². The predicted molar refractivity (Wildman–Crippen MR) is 70.3 cm³/mol. The molecular weight excluding hydrogens is 230 g/mol. The summed E-state index contributed by atoms with van der Waals surface area (Å²) in [6.45, 7) is 4.56. The second-order valence-corrected chi connectivity index (χ2v) is 3.52. The van der Waals surface area contributed by atoms with Crippen molar-refractivity contribution in [1.29, 1.82) is 0 Å². The lowest BCUT2D eigenvalue weighted by Crippen LogP contribution is -2.39. The topological polar surface area (TPSA) is 70.3 Å². The number of para-hydroxylation sites is 1. The van der Waals surface area contributed by atoms with Crippen molar-refractivity contribution in [3.63, 3.8) is 0 Å². The minimum atomic E-state index is 0.322. The van der Waals surface area contributed by atoms with Crippen molar-refractivity contribution < 1.29 is 9.63 Å². The molecule has 5 heteroatoms. The van der Waals surface area contributed by atoms with Crippen molar-refractivity contribution in [2.45, 2.75) is 0 Å². The zero-order valence-corrected chi connectivity index (χ0v) is 10.2. The van der Waals surface area contributed by atoms with E-state index < -0.39 is 0 Å². The number of piperazine rings is 1. The van der Waals surface area contributed by atoms with Crippen molar-refractivity contribution in [3.05, 3.63) is 48.9 Å². The highest BCUT2D eigenvalue weighted by atomic mass is 16.5. The molecule has 18 heavy (non-hydrogen) atoms. The second kappa shape index (κ2) is 10.3. The van der Waals surface area contributed by atoms with Crippen LogP contribution in [0.2, 0.25) is 0 Å². The predicted octanol–water partition coefficient (Wildman–Crippen LogP) is 1.25. The fourth-order valence-electron chi connectivity index (χ4n) is 1.21. The zero-order chi connectivity index (χ0) is 12.9. The Morgan fingerprint density at radius 2 is 1.56 bits per heavy atom. The van der Waals surface area contributed by atoms with Crippen LogP contribution in [0, 0.1) is 0 Å². The van der Waals surface area contributed by atoms with Gasteiger partial charge in [0.05, 0.1) is 6.20 Å². The van der Waals surface area contributed by atoms with E-state index in [0.717, 1.165) is 26.2 Å². The first-order chi connectivity index (χ1) is 8.89. The number of hydrogen-bond donors (Lipinski definition) is 3. The number of nitrogens with one attached hydrogen (secondary N) is 2. The standard InChI is InChI=1S/C6H6O.C4H10N2.C3H3NO/c7-6-4-2-1-3-5-6;1-2-6-4-3-5-1;1-2-4-5-3-1/h1-5,7H;5-6H,1-4H2;1-3H. The van der Waals surface area contributed by atoms with Crippen LogP contribution in [-0.4, -0.2) is 36.4 Å². The quantitative estimate of drug-likeness (QED) is 0.655. The van der Waals surface area contributed by atoms with E-state index in [1.165, 1.54) is 6.26 Å². The first-order valence-electron chi connectivity index (χ1n) is 5.89. The van der Waals surface area contributed by atoms with Gasteiger partial charge in [-0.15, -0.1) is 0 Å². The molecule has 0 amide bonds. The Labute approximate surface area is 107 Å². The van der Waals surface area contributed by atoms with Crippen LogP contribution in [0.3, 0.4) is 0 Å². The summed E-state index contributed by atoms with van der Waals surface area (Å²) in [5.74, 6) is 0.322. The third kappa shape index (κ3) is 8.32. The van der Waals surface area contributed by atoms with Crippen molar-refractivity contribution in [1.82, 2.24) is 15.8 Å². The molecule has 1 fully saturated rings. The molecule has 0 aliphatic carbocycles. The normalized spacial score (nSPS) is 13.6. The first kappa shape index (κ1) is 14.2. The molecular formula is C13H19N3O2. The summed E-state index contributed by atoms with van der Waals surface area (Å²) < 4.78 is 4.33. The van der Waals surface area contributed by atoms with E-state index >= 15 is 0 Å². The Bertz CT molecular complexity index is 332. The van der Waals surface area contributed by atoms with E-state index in [1.807, 2.05) is 6.07 Å². The smallest absolute Gasteiger partial charge is 0.123 e. The van der Waals surface area contributed by atoms with Gasteiger partial charge in [-0.05, 0) is 18.2 Å². The largest absolute Gasteiger partial charge is 0.508 e. The van der Waals surface area contributed by atoms with Crippen LogP contribution in [0.25, 0.3) is 0 Å². The number of nitrogens with zero attached hydrogens (tertiary/aromatic N) is 1. The first-order valence-corrected chi connectivity index (χ1v) is 5.89. The number of benzene rings is 1. The number of aromatic nitrogens is 1. The Balaban J connectivity index is 0.000000137. The molecule has 0 spiro atoms. The SMILES string of the molecule is C1CNCCN1.Oc1ccccc1.c1cnoc1. The molecule has 98 valence electrons. The van der Waals surface area contributed by atoms with Crippen LogP contribution in [-0.2, 0) is 0 Å². The van der Waals surface area contributed by atoms with Gasteiger partial charge in [-0.3, -0.25) is 0 Å². The maximum absolute atomic E-state index is 8.63. The molecule has 2 aromatic rings. The van der Waals surface area contributed by atoms with Crippen molar-refractivity contribution in [2.75, 3.05) is 26.2 Å². The van der Waals surface area contributed by atoms with E-state index in [1.54, 1.807) is 36.5 Å². The van der Waals surface area contributed by atoms with Crippen LogP contribution >= 0.6 is 0 Å². The lowest BCUT2D eigenvalue weighted by Gasteiger charge is -2.11. The molecule has 5 nitrogen and oxygen atoms in total. The van der Waals surface area contributed by atoms with Crippen LogP contribution in [0.1, 0.15) is 0 Å². The van der Waals surface area contributed by atoms with Crippen molar-refractivity contribution in [2.24, 2.45) is 0 Å². The van der Waals surface area contributed by atoms with Crippen LogP contribution in [0.5, 0.6) is 5.75 Å². The van der Waals surface area contributed by atoms with Gasteiger partial charge in [-0.25, -0.2) is 0 Å². The van der Waals surface area contributed by atoms with Crippen LogP contribution in [0.15, 0.2) is 53.4 Å². The van der Waals surface area contributed by atoms with E-state index in [9.17, 15) is 0 Å². The summed E-state index contributed by atoms with van der Waals surface area (Å²) in [6.07, 6.45) is 3.10. The molecule has 1 saturated heterocycles. The number of aromatic hydroxyl groups is 1. The summed E-state index contributed by atoms with van der Waals surface area (Å²) in [6, 6.07) is 10.4. The molecule has 1 aromatic heterocycles. The minimum Gasteiger partial charge on any atom is -0.508 e. The molecule has 0 unspecified atom stereocenters. The lowest BCUT2D eigenvalue weighted by atomic mass is 10.3. The number of hydrogen-bond acceptors (Lipinski definition) is 5. The number of phenolic OH excluding ortho intramolecular Hbond substituents is 1. The van der Waals surface area contributed by atoms with Gasteiger partial charge in [0.15, 0.2) is 0 Å². The average molecular weight is 249 g/mol. The lowest BCUT2D eigenvalue weighted by molar-refractivity contribution is 0.420. The molecule has 1 aliphatic heterocycles. The highest BCUT2D eigenvalue weighted by molar-refractivity contribution is 5.18. The fraction of sp³-hybridized carbons (Fsp3) is 0.308. The van der Waals surface area contributed by atoms with Gasteiger partial charge in [0.1, 0.15) is 12.0 Å². The molecule has 0 saturated carbocycles. The fourth-order valence-corrected chi connectivity index (χ4v) is 1.21. The average Bonchev–Trinajstić information content (AvgIpc) is 3.01. The number of phenols is 1. The Hall–Kier alpha value is -1.85. The molecule has 0 radical (unpaired) electrons. The summed E-state index contributed by atoms with van der Waals surface area (Å²) >= 11 is 0. The second-order valence-electron chi connectivity index (χ2n) is 3.52. The number of rotatable bonds is 0. The maximum atomic E-state index is 8.63.